The van der Waals surface area contributed by atoms with E-state index in [2.05, 4.69) is 10.6 Å². The molecule has 3 N–H and O–H groups in total. The third-order valence-corrected chi connectivity index (χ3v) is 7.55. The Kier molecular flexibility index (Phi) is 11.5. The van der Waals surface area contributed by atoms with Crippen LogP contribution >= 0.6 is 0 Å². The SMILES string of the molecule is O=C(NC1CC=CCC(CC(=O)N2CCCC2CO)C(=O)NC(Cc2ccccc2)COC1=O)OCc1ccccc1. The van der Waals surface area contributed by atoms with Crippen molar-refractivity contribution in [2.75, 3.05) is 19.8 Å². The number of allylic oxidation sites excluding steroid dienone is 1. The number of ether oxygens (including phenoxy) is 2. The fourth-order valence-electron chi connectivity index (χ4n) is 5.23. The predicted molar refractivity (Wildman–Crippen MR) is 155 cm³/mol. The smallest absolute Gasteiger partial charge is 0.408 e. The molecule has 4 unspecified atom stereocenters. The van der Waals surface area contributed by atoms with Gasteiger partial charge in [0.1, 0.15) is 19.3 Å². The van der Waals surface area contributed by atoms with Gasteiger partial charge in [0.2, 0.25) is 11.8 Å². The molecule has 0 aliphatic carbocycles. The van der Waals surface area contributed by atoms with Gasteiger partial charge in [0.25, 0.3) is 0 Å². The van der Waals surface area contributed by atoms with Crippen LogP contribution in [0.1, 0.15) is 43.2 Å². The van der Waals surface area contributed by atoms with Gasteiger partial charge in [0.15, 0.2) is 0 Å². The van der Waals surface area contributed by atoms with Gasteiger partial charge in [-0.2, -0.15) is 0 Å². The van der Waals surface area contributed by atoms with Crippen LogP contribution in [0.4, 0.5) is 4.79 Å². The number of aliphatic hydroxyl groups is 1. The number of nitrogens with zero attached hydrogens (tertiary/aromatic N) is 1. The van der Waals surface area contributed by atoms with Gasteiger partial charge in [-0.1, -0.05) is 72.8 Å². The van der Waals surface area contributed by atoms with Crippen molar-refractivity contribution in [2.45, 2.75) is 63.3 Å². The monoisotopic (exact) mass is 577 g/mol. The van der Waals surface area contributed by atoms with Crippen LogP contribution in [0, 0.1) is 5.92 Å². The number of benzene rings is 2. The lowest BCUT2D eigenvalue weighted by Crippen LogP contribution is -2.47. The van der Waals surface area contributed by atoms with Crippen molar-refractivity contribution in [3.63, 3.8) is 0 Å². The molecule has 224 valence electrons. The number of amides is 3. The highest BCUT2D eigenvalue weighted by atomic mass is 16.6. The van der Waals surface area contributed by atoms with Gasteiger partial charge in [-0.15, -0.1) is 0 Å². The molecule has 1 fully saturated rings. The highest BCUT2D eigenvalue weighted by Crippen LogP contribution is 2.21. The summed E-state index contributed by atoms with van der Waals surface area (Å²) in [6.07, 6.45) is 5.07. The van der Waals surface area contributed by atoms with E-state index in [1.807, 2.05) is 60.7 Å². The molecule has 42 heavy (non-hydrogen) atoms. The molecule has 10 nitrogen and oxygen atoms in total. The summed E-state index contributed by atoms with van der Waals surface area (Å²) in [4.78, 5) is 53.8. The lowest BCUT2D eigenvalue weighted by atomic mass is 9.97. The molecule has 0 spiro atoms. The van der Waals surface area contributed by atoms with Crippen LogP contribution < -0.4 is 10.6 Å². The lowest BCUT2D eigenvalue weighted by Gasteiger charge is -2.27. The number of aliphatic hydroxyl groups excluding tert-OH is 1. The normalized spacial score (nSPS) is 23.2. The van der Waals surface area contributed by atoms with Crippen LogP contribution in [0.15, 0.2) is 72.8 Å². The Morgan fingerprint density at radius 2 is 1.69 bits per heavy atom. The number of alkyl carbamates (subject to hydrolysis) is 1. The summed E-state index contributed by atoms with van der Waals surface area (Å²) in [7, 11) is 0. The van der Waals surface area contributed by atoms with E-state index in [-0.39, 0.29) is 56.9 Å². The molecule has 2 heterocycles. The summed E-state index contributed by atoms with van der Waals surface area (Å²) in [5.41, 5.74) is 1.76. The zero-order valence-electron chi connectivity index (χ0n) is 23.7. The molecule has 4 atom stereocenters. The maximum atomic E-state index is 13.4. The van der Waals surface area contributed by atoms with Crippen LogP contribution in [-0.4, -0.2) is 71.8 Å². The second-order valence-corrected chi connectivity index (χ2v) is 10.7. The second-order valence-electron chi connectivity index (χ2n) is 10.7. The summed E-state index contributed by atoms with van der Waals surface area (Å²) in [5.74, 6) is -1.76. The van der Waals surface area contributed by atoms with E-state index in [4.69, 9.17) is 9.47 Å². The van der Waals surface area contributed by atoms with Crippen LogP contribution in [0.3, 0.4) is 0 Å². The average Bonchev–Trinajstić information content (AvgIpc) is 3.49. The van der Waals surface area contributed by atoms with Crippen molar-refractivity contribution >= 4 is 23.9 Å². The largest absolute Gasteiger partial charge is 0.462 e. The quantitative estimate of drug-likeness (QED) is 0.325. The topological polar surface area (TPSA) is 134 Å². The molecule has 0 radical (unpaired) electrons. The summed E-state index contributed by atoms with van der Waals surface area (Å²) in [5, 5.41) is 15.2. The summed E-state index contributed by atoms with van der Waals surface area (Å²) in [6.45, 7) is 0.406. The molecule has 0 bridgehead atoms. The first-order valence-electron chi connectivity index (χ1n) is 14.5. The lowest BCUT2D eigenvalue weighted by molar-refractivity contribution is -0.147. The predicted octanol–water partition coefficient (Wildman–Crippen LogP) is 2.89. The summed E-state index contributed by atoms with van der Waals surface area (Å²) >= 11 is 0. The molecule has 2 aliphatic heterocycles. The number of rotatable bonds is 8. The minimum Gasteiger partial charge on any atom is -0.462 e. The van der Waals surface area contributed by atoms with Crippen LogP contribution in [-0.2, 0) is 36.9 Å². The van der Waals surface area contributed by atoms with E-state index < -0.39 is 30.1 Å². The molecule has 4 rings (SSSR count). The van der Waals surface area contributed by atoms with E-state index in [1.54, 1.807) is 17.1 Å². The van der Waals surface area contributed by atoms with Crippen molar-refractivity contribution in [3.8, 4) is 0 Å². The molecular formula is C32H39N3O7. The minimum atomic E-state index is -0.993. The number of esters is 1. The number of cyclic esters (lactones) is 1. The van der Waals surface area contributed by atoms with Crippen molar-refractivity contribution < 1.29 is 33.8 Å². The van der Waals surface area contributed by atoms with E-state index >= 15 is 0 Å². The van der Waals surface area contributed by atoms with Crippen molar-refractivity contribution in [2.24, 2.45) is 5.92 Å². The number of likely N-dealkylation sites (tertiary alicyclic amines) is 1. The summed E-state index contributed by atoms with van der Waals surface area (Å²) in [6, 6.07) is 16.9. The van der Waals surface area contributed by atoms with Crippen LogP contribution in [0.5, 0.6) is 0 Å². The highest BCUT2D eigenvalue weighted by Gasteiger charge is 2.32. The van der Waals surface area contributed by atoms with Crippen molar-refractivity contribution in [1.29, 1.82) is 0 Å². The van der Waals surface area contributed by atoms with Crippen LogP contribution in [0.2, 0.25) is 0 Å². The molecule has 0 aromatic heterocycles. The van der Waals surface area contributed by atoms with Gasteiger partial charge >= 0.3 is 12.1 Å². The summed E-state index contributed by atoms with van der Waals surface area (Å²) < 4.78 is 10.9. The first-order chi connectivity index (χ1) is 20.4. The number of hydrogen-bond acceptors (Lipinski definition) is 7. The number of carbonyl (C=O) groups excluding carboxylic acids is 4. The standard InChI is InChI=1S/C32H39N3O7/c36-20-27-15-9-17-35(27)29(37)19-25-14-7-8-16-28(34-32(40)42-21-24-12-5-2-6-13-24)31(39)41-22-26(33-30(25)38)18-23-10-3-1-4-11-23/h1-8,10-13,25-28,36H,9,14-22H2,(H,33,38)(H,34,40). The van der Waals surface area contributed by atoms with Gasteiger partial charge in [-0.3, -0.25) is 9.59 Å². The maximum absolute atomic E-state index is 13.4. The second kappa shape index (κ2) is 15.7. The van der Waals surface area contributed by atoms with E-state index in [1.165, 1.54) is 0 Å². The Bertz CT molecular complexity index is 1220. The maximum Gasteiger partial charge on any atom is 0.408 e. The first-order valence-corrected chi connectivity index (χ1v) is 14.5. The van der Waals surface area contributed by atoms with Gasteiger partial charge < -0.3 is 30.1 Å². The molecule has 2 aromatic rings. The Labute approximate surface area is 246 Å². The molecule has 10 heteroatoms. The van der Waals surface area contributed by atoms with Gasteiger partial charge in [0, 0.05) is 13.0 Å². The third-order valence-electron chi connectivity index (χ3n) is 7.55. The van der Waals surface area contributed by atoms with Crippen LogP contribution in [0.25, 0.3) is 0 Å². The third kappa shape index (κ3) is 9.17. The fraction of sp³-hybridized carbons (Fsp3) is 0.438. The minimum absolute atomic E-state index is 0.00198. The first kappa shape index (κ1) is 30.8. The van der Waals surface area contributed by atoms with Crippen molar-refractivity contribution in [1.82, 2.24) is 15.5 Å². The number of carbonyl (C=O) groups is 4. The fourth-order valence-corrected chi connectivity index (χ4v) is 5.23. The van der Waals surface area contributed by atoms with Gasteiger partial charge in [-0.25, -0.2) is 9.59 Å². The Hall–Kier alpha value is -4.18. The van der Waals surface area contributed by atoms with E-state index in [0.29, 0.717) is 13.0 Å². The zero-order chi connectivity index (χ0) is 29.7. The highest BCUT2D eigenvalue weighted by molar-refractivity contribution is 5.86. The van der Waals surface area contributed by atoms with E-state index in [0.717, 1.165) is 24.0 Å². The Morgan fingerprint density at radius 3 is 2.40 bits per heavy atom. The molecule has 2 aliphatic rings. The van der Waals surface area contributed by atoms with E-state index in [9.17, 15) is 24.3 Å². The zero-order valence-corrected chi connectivity index (χ0v) is 23.7. The Morgan fingerprint density at radius 1 is 1.00 bits per heavy atom. The Balaban J connectivity index is 1.46. The molecule has 0 saturated carbocycles. The number of hydrogen-bond donors (Lipinski definition) is 3. The molecule has 3 amide bonds. The molecule has 2 aromatic carbocycles. The average molecular weight is 578 g/mol. The molecular weight excluding hydrogens is 538 g/mol. The van der Waals surface area contributed by atoms with Gasteiger partial charge in [-0.05, 0) is 43.2 Å². The molecule has 1 saturated heterocycles. The van der Waals surface area contributed by atoms with Gasteiger partial charge in [0.05, 0.1) is 24.6 Å². The van der Waals surface area contributed by atoms with Crippen molar-refractivity contribution in [3.05, 3.63) is 83.9 Å². The number of nitrogens with one attached hydrogen (secondary N) is 2.